The van der Waals surface area contributed by atoms with E-state index in [2.05, 4.69) is 27.5 Å². The minimum absolute atomic E-state index is 0.172. The molecular weight excluding hydrogens is 324 g/mol. The third-order valence-electron chi connectivity index (χ3n) is 3.98. The third-order valence-corrected chi connectivity index (χ3v) is 3.98. The molecule has 0 aliphatic rings. The fourth-order valence-corrected chi connectivity index (χ4v) is 2.61. The van der Waals surface area contributed by atoms with E-state index in [0.29, 0.717) is 16.9 Å². The van der Waals surface area contributed by atoms with Crippen LogP contribution in [0.2, 0.25) is 0 Å². The van der Waals surface area contributed by atoms with Crippen molar-refractivity contribution in [3.63, 3.8) is 0 Å². The molecule has 5 heteroatoms. The summed E-state index contributed by atoms with van der Waals surface area (Å²) in [4.78, 5) is 21.5. The van der Waals surface area contributed by atoms with Gasteiger partial charge in [0.15, 0.2) is 0 Å². The summed E-state index contributed by atoms with van der Waals surface area (Å²) in [5, 5.41) is 6.42. The molecule has 0 unspecified atom stereocenters. The van der Waals surface area contributed by atoms with Crippen LogP contribution in [0.25, 0.3) is 11.4 Å². The molecule has 3 rings (SSSR count). The van der Waals surface area contributed by atoms with E-state index in [-0.39, 0.29) is 5.91 Å². The molecule has 0 radical (unpaired) electrons. The van der Waals surface area contributed by atoms with Crippen LogP contribution in [0.5, 0.6) is 0 Å². The number of hydrogen-bond acceptors (Lipinski definition) is 4. The zero-order chi connectivity index (χ0) is 18.2. The van der Waals surface area contributed by atoms with E-state index < -0.39 is 0 Å². The van der Waals surface area contributed by atoms with Crippen molar-refractivity contribution in [2.45, 2.75) is 19.8 Å². The number of unbranched alkanes of at least 4 members (excludes halogenated alkanes) is 1. The maximum atomic E-state index is 12.7. The first-order valence-corrected chi connectivity index (χ1v) is 8.80. The lowest BCUT2D eigenvalue weighted by Crippen LogP contribution is -2.15. The van der Waals surface area contributed by atoms with Crippen molar-refractivity contribution in [2.24, 2.45) is 0 Å². The lowest BCUT2D eigenvalue weighted by atomic mass is 10.1. The SMILES string of the molecule is CCCCNc1ccnc(-c2ccccn2)c1NC(=O)c1ccccc1. The Kier molecular flexibility index (Phi) is 5.93. The van der Waals surface area contributed by atoms with Crippen LogP contribution in [0, 0.1) is 0 Å². The van der Waals surface area contributed by atoms with Crippen molar-refractivity contribution < 1.29 is 4.79 Å². The predicted molar refractivity (Wildman–Crippen MR) is 105 cm³/mol. The van der Waals surface area contributed by atoms with Crippen molar-refractivity contribution in [3.05, 3.63) is 72.6 Å². The molecule has 132 valence electrons. The summed E-state index contributed by atoms with van der Waals surface area (Å²) < 4.78 is 0. The van der Waals surface area contributed by atoms with Gasteiger partial charge in [0, 0.05) is 24.5 Å². The molecule has 5 nitrogen and oxygen atoms in total. The summed E-state index contributed by atoms with van der Waals surface area (Å²) in [6, 6.07) is 16.7. The Morgan fingerprint density at radius 2 is 1.77 bits per heavy atom. The molecule has 1 amide bonds. The van der Waals surface area contributed by atoms with Gasteiger partial charge in [-0.05, 0) is 36.8 Å². The van der Waals surface area contributed by atoms with Gasteiger partial charge >= 0.3 is 0 Å². The number of carbonyl (C=O) groups excluding carboxylic acids is 1. The number of amides is 1. The van der Waals surface area contributed by atoms with E-state index >= 15 is 0 Å². The molecule has 0 saturated carbocycles. The molecule has 0 aliphatic carbocycles. The van der Waals surface area contributed by atoms with Gasteiger partial charge in [-0.1, -0.05) is 37.6 Å². The standard InChI is InChI=1S/C21H22N4O/c1-2-3-13-22-18-12-15-24-19(17-11-7-8-14-23-17)20(18)25-21(26)16-9-5-4-6-10-16/h4-12,14-15H,2-3,13H2,1H3,(H,22,24)(H,25,26). The lowest BCUT2D eigenvalue weighted by molar-refractivity contribution is 0.102. The minimum atomic E-state index is -0.172. The molecule has 2 N–H and O–H groups in total. The second-order valence-electron chi connectivity index (χ2n) is 5.90. The number of nitrogens with one attached hydrogen (secondary N) is 2. The van der Waals surface area contributed by atoms with E-state index in [1.54, 1.807) is 24.5 Å². The summed E-state index contributed by atoms with van der Waals surface area (Å²) in [7, 11) is 0. The van der Waals surface area contributed by atoms with Gasteiger partial charge in [0.1, 0.15) is 5.69 Å². The van der Waals surface area contributed by atoms with Crippen molar-refractivity contribution in [2.75, 3.05) is 17.2 Å². The van der Waals surface area contributed by atoms with Crippen molar-refractivity contribution in [3.8, 4) is 11.4 Å². The quantitative estimate of drug-likeness (QED) is 0.613. The average molecular weight is 346 g/mol. The number of rotatable bonds is 7. The molecule has 0 fully saturated rings. The zero-order valence-corrected chi connectivity index (χ0v) is 14.8. The number of benzene rings is 1. The van der Waals surface area contributed by atoms with E-state index in [0.717, 1.165) is 30.8 Å². The van der Waals surface area contributed by atoms with Gasteiger partial charge in [0.2, 0.25) is 0 Å². The third kappa shape index (κ3) is 4.25. The molecule has 0 bridgehead atoms. The first kappa shape index (κ1) is 17.6. The number of pyridine rings is 2. The molecule has 0 saturated heterocycles. The first-order valence-electron chi connectivity index (χ1n) is 8.80. The second-order valence-corrected chi connectivity index (χ2v) is 5.90. The molecule has 0 atom stereocenters. The Morgan fingerprint density at radius 1 is 0.962 bits per heavy atom. The molecule has 3 aromatic rings. The Balaban J connectivity index is 1.97. The highest BCUT2D eigenvalue weighted by molar-refractivity contribution is 6.08. The van der Waals surface area contributed by atoms with Crippen molar-refractivity contribution in [1.82, 2.24) is 9.97 Å². The van der Waals surface area contributed by atoms with Gasteiger partial charge in [-0.3, -0.25) is 14.8 Å². The van der Waals surface area contributed by atoms with Crippen molar-refractivity contribution in [1.29, 1.82) is 0 Å². The molecule has 1 aromatic carbocycles. The minimum Gasteiger partial charge on any atom is -0.383 e. The zero-order valence-electron chi connectivity index (χ0n) is 14.8. The molecule has 0 aliphatic heterocycles. The lowest BCUT2D eigenvalue weighted by Gasteiger charge is -2.16. The van der Waals surface area contributed by atoms with E-state index in [1.165, 1.54) is 0 Å². The van der Waals surface area contributed by atoms with E-state index in [1.807, 2.05) is 42.5 Å². The molecule has 2 heterocycles. The molecule has 2 aromatic heterocycles. The maximum absolute atomic E-state index is 12.7. The monoisotopic (exact) mass is 346 g/mol. The largest absolute Gasteiger partial charge is 0.383 e. The number of anilines is 2. The molecule has 26 heavy (non-hydrogen) atoms. The maximum Gasteiger partial charge on any atom is 0.255 e. The van der Waals surface area contributed by atoms with Crippen LogP contribution in [0.4, 0.5) is 11.4 Å². The van der Waals surface area contributed by atoms with Gasteiger partial charge in [0.25, 0.3) is 5.91 Å². The Hall–Kier alpha value is -3.21. The van der Waals surface area contributed by atoms with Crippen LogP contribution in [0.3, 0.4) is 0 Å². The van der Waals surface area contributed by atoms with Crippen LogP contribution < -0.4 is 10.6 Å². The van der Waals surface area contributed by atoms with E-state index in [9.17, 15) is 4.79 Å². The summed E-state index contributed by atoms with van der Waals surface area (Å²) >= 11 is 0. The van der Waals surface area contributed by atoms with Gasteiger partial charge < -0.3 is 10.6 Å². The highest BCUT2D eigenvalue weighted by atomic mass is 16.1. The summed E-state index contributed by atoms with van der Waals surface area (Å²) in [5.41, 5.74) is 3.46. The number of nitrogens with zero attached hydrogens (tertiary/aromatic N) is 2. The van der Waals surface area contributed by atoms with E-state index in [4.69, 9.17) is 0 Å². The normalized spacial score (nSPS) is 10.3. The summed E-state index contributed by atoms with van der Waals surface area (Å²) in [6.07, 6.45) is 5.59. The second kappa shape index (κ2) is 8.76. The first-order chi connectivity index (χ1) is 12.8. The smallest absolute Gasteiger partial charge is 0.255 e. The fourth-order valence-electron chi connectivity index (χ4n) is 2.61. The van der Waals surface area contributed by atoms with Gasteiger partial charge in [-0.2, -0.15) is 0 Å². The van der Waals surface area contributed by atoms with Crippen LogP contribution in [0.15, 0.2) is 67.0 Å². The van der Waals surface area contributed by atoms with Crippen LogP contribution >= 0.6 is 0 Å². The van der Waals surface area contributed by atoms with Gasteiger partial charge in [-0.25, -0.2) is 0 Å². The highest BCUT2D eigenvalue weighted by Crippen LogP contribution is 2.31. The fraction of sp³-hybridized carbons (Fsp3) is 0.190. The van der Waals surface area contributed by atoms with Crippen LogP contribution in [0.1, 0.15) is 30.1 Å². The summed E-state index contributed by atoms with van der Waals surface area (Å²) in [5.74, 6) is -0.172. The number of aromatic nitrogens is 2. The van der Waals surface area contributed by atoms with Crippen LogP contribution in [-0.2, 0) is 0 Å². The Morgan fingerprint density at radius 3 is 2.50 bits per heavy atom. The van der Waals surface area contributed by atoms with Crippen molar-refractivity contribution >= 4 is 17.3 Å². The summed E-state index contributed by atoms with van der Waals surface area (Å²) in [6.45, 7) is 2.97. The number of carbonyl (C=O) groups is 1. The highest BCUT2D eigenvalue weighted by Gasteiger charge is 2.16. The molecular formula is C21H22N4O. The predicted octanol–water partition coefficient (Wildman–Crippen LogP) is 4.61. The average Bonchev–Trinajstić information content (AvgIpc) is 2.70. The Bertz CT molecular complexity index is 850. The van der Waals surface area contributed by atoms with Gasteiger partial charge in [-0.15, -0.1) is 0 Å². The van der Waals surface area contributed by atoms with Gasteiger partial charge in [0.05, 0.1) is 17.1 Å². The molecule has 0 spiro atoms. The topological polar surface area (TPSA) is 66.9 Å². The van der Waals surface area contributed by atoms with Crippen LogP contribution in [-0.4, -0.2) is 22.4 Å². The Labute approximate surface area is 153 Å². The number of hydrogen-bond donors (Lipinski definition) is 2.